The Morgan fingerprint density at radius 1 is 0.553 bits per heavy atom. The minimum atomic E-state index is -1.07. The third-order valence-corrected chi connectivity index (χ3v) is 6.00. The molecular weight excluding hydrogens is 496 g/mol. The van der Waals surface area contributed by atoms with Crippen LogP contribution in [0.5, 0.6) is 17.2 Å². The van der Waals surface area contributed by atoms with Crippen LogP contribution in [0, 0.1) is 23.3 Å². The highest BCUT2D eigenvalue weighted by Crippen LogP contribution is 2.33. The molecule has 0 N–H and O–H groups in total. The van der Waals surface area contributed by atoms with E-state index in [1.165, 1.54) is 24.3 Å². The Morgan fingerprint density at radius 3 is 1.63 bits per heavy atom. The summed E-state index contributed by atoms with van der Waals surface area (Å²) < 4.78 is 74.6. The molecule has 4 rings (SSSR count). The van der Waals surface area contributed by atoms with E-state index in [4.69, 9.17) is 14.2 Å². The molecule has 0 aliphatic carbocycles. The van der Waals surface area contributed by atoms with Gasteiger partial charge in [-0.2, -0.15) is 4.39 Å². The summed E-state index contributed by atoms with van der Waals surface area (Å²) in [5.41, 5.74) is 1.25. The van der Waals surface area contributed by atoms with E-state index in [0.29, 0.717) is 29.2 Å². The van der Waals surface area contributed by atoms with Crippen molar-refractivity contribution in [3.8, 4) is 39.5 Å². The van der Waals surface area contributed by atoms with Crippen molar-refractivity contribution >= 4 is 0 Å². The Bertz CT molecular complexity index is 1370. The van der Waals surface area contributed by atoms with Gasteiger partial charge in [-0.3, -0.25) is 0 Å². The molecule has 198 valence electrons. The largest absolute Gasteiger partial charge is 0.494 e. The predicted octanol–water partition coefficient (Wildman–Crippen LogP) is 8.73. The van der Waals surface area contributed by atoms with Crippen molar-refractivity contribution < 1.29 is 31.8 Å². The smallest absolute Gasteiger partial charge is 0.201 e. The van der Waals surface area contributed by atoms with Crippen molar-refractivity contribution in [2.75, 3.05) is 13.2 Å². The molecule has 4 aromatic rings. The first-order chi connectivity index (χ1) is 18.4. The van der Waals surface area contributed by atoms with Gasteiger partial charge in [-0.25, -0.2) is 13.2 Å². The maximum Gasteiger partial charge on any atom is 0.201 e. The predicted molar refractivity (Wildman–Crippen MR) is 139 cm³/mol. The highest BCUT2D eigenvalue weighted by atomic mass is 19.2. The number of benzene rings is 4. The average molecular weight is 525 g/mol. The molecule has 0 saturated heterocycles. The molecule has 0 fully saturated rings. The fraction of sp³-hybridized carbons (Fsp3) is 0.226. The highest BCUT2D eigenvalue weighted by Gasteiger charge is 2.17. The summed E-state index contributed by atoms with van der Waals surface area (Å²) in [6.45, 7) is 4.36. The number of ether oxygens (including phenoxy) is 3. The average Bonchev–Trinajstić information content (AvgIpc) is 2.93. The van der Waals surface area contributed by atoms with E-state index >= 15 is 8.78 Å². The van der Waals surface area contributed by atoms with Gasteiger partial charge in [-0.15, -0.1) is 0 Å². The van der Waals surface area contributed by atoms with E-state index in [0.717, 1.165) is 12.8 Å². The van der Waals surface area contributed by atoms with Crippen LogP contribution in [0.1, 0.15) is 32.3 Å². The lowest BCUT2D eigenvalue weighted by atomic mass is 9.98. The molecule has 0 bridgehead atoms. The first-order valence-corrected chi connectivity index (χ1v) is 12.5. The number of halogens is 4. The molecule has 3 nitrogen and oxygen atoms in total. The van der Waals surface area contributed by atoms with Crippen LogP contribution in [0.15, 0.2) is 72.8 Å². The van der Waals surface area contributed by atoms with Gasteiger partial charge >= 0.3 is 0 Å². The van der Waals surface area contributed by atoms with Crippen LogP contribution in [-0.4, -0.2) is 13.2 Å². The molecule has 0 amide bonds. The number of hydrogen-bond acceptors (Lipinski definition) is 3. The Labute approximate surface area is 219 Å². The summed E-state index contributed by atoms with van der Waals surface area (Å²) in [4.78, 5) is 0. The molecule has 0 saturated carbocycles. The molecule has 0 spiro atoms. The lowest BCUT2D eigenvalue weighted by Gasteiger charge is -2.12. The van der Waals surface area contributed by atoms with Gasteiger partial charge in [0.25, 0.3) is 0 Å². The second-order valence-corrected chi connectivity index (χ2v) is 8.61. The van der Waals surface area contributed by atoms with Crippen LogP contribution in [0.3, 0.4) is 0 Å². The van der Waals surface area contributed by atoms with Crippen molar-refractivity contribution in [3.05, 3.63) is 102 Å². The van der Waals surface area contributed by atoms with E-state index in [-0.39, 0.29) is 35.7 Å². The second-order valence-electron chi connectivity index (χ2n) is 8.61. The summed E-state index contributed by atoms with van der Waals surface area (Å²) >= 11 is 0. The zero-order chi connectivity index (χ0) is 27.1. The van der Waals surface area contributed by atoms with Gasteiger partial charge in [-0.05, 0) is 60.9 Å². The zero-order valence-electron chi connectivity index (χ0n) is 21.2. The first kappa shape index (κ1) is 27.0. The van der Waals surface area contributed by atoms with Crippen LogP contribution >= 0.6 is 0 Å². The molecule has 0 aliphatic heterocycles. The fourth-order valence-corrected chi connectivity index (χ4v) is 3.90. The molecule has 38 heavy (non-hydrogen) atoms. The van der Waals surface area contributed by atoms with Crippen LogP contribution in [0.4, 0.5) is 17.6 Å². The SMILES string of the molecule is CCCCOc1ccc(-c2ccc(-c3ccc(OCc4ccc(OCC)c(F)c4F)cc3)c(F)c2F)cc1. The fourth-order valence-electron chi connectivity index (χ4n) is 3.90. The van der Waals surface area contributed by atoms with Gasteiger partial charge in [0.2, 0.25) is 5.82 Å². The van der Waals surface area contributed by atoms with Crippen LogP contribution in [-0.2, 0) is 6.61 Å². The molecule has 0 aromatic heterocycles. The molecular formula is C31H28F4O3. The lowest BCUT2D eigenvalue weighted by molar-refractivity contribution is 0.289. The number of unbranched alkanes of at least 4 members (excludes halogenated alkanes) is 1. The van der Waals surface area contributed by atoms with E-state index in [1.807, 2.05) is 0 Å². The summed E-state index contributed by atoms with van der Waals surface area (Å²) in [7, 11) is 0. The summed E-state index contributed by atoms with van der Waals surface area (Å²) in [6.07, 6.45) is 1.97. The van der Waals surface area contributed by atoms with Gasteiger partial charge in [-0.1, -0.05) is 49.7 Å². The maximum atomic E-state index is 15.0. The quantitative estimate of drug-likeness (QED) is 0.145. The molecule has 0 heterocycles. The van der Waals surface area contributed by atoms with Crippen LogP contribution in [0.2, 0.25) is 0 Å². The summed E-state index contributed by atoms with van der Waals surface area (Å²) in [5, 5.41) is 0. The van der Waals surface area contributed by atoms with Crippen molar-refractivity contribution in [3.63, 3.8) is 0 Å². The Kier molecular flexibility index (Phi) is 8.89. The third-order valence-electron chi connectivity index (χ3n) is 6.00. The van der Waals surface area contributed by atoms with Crippen LogP contribution < -0.4 is 14.2 Å². The standard InChI is InChI=1S/C31H28F4O3/c1-3-5-18-37-23-11-6-20(7-12-23)25-15-16-26(30(34)29(25)33)21-8-13-24(14-9-21)38-19-22-10-17-27(36-4-2)31(35)28(22)32/h6-17H,3-5,18-19H2,1-2H3. The Hall–Kier alpha value is -4.00. The van der Waals surface area contributed by atoms with Crippen molar-refractivity contribution in [1.82, 2.24) is 0 Å². The number of hydrogen-bond donors (Lipinski definition) is 0. The molecule has 0 unspecified atom stereocenters. The van der Waals surface area contributed by atoms with Gasteiger partial charge < -0.3 is 14.2 Å². The van der Waals surface area contributed by atoms with E-state index in [9.17, 15) is 8.78 Å². The second kappa shape index (κ2) is 12.5. The first-order valence-electron chi connectivity index (χ1n) is 12.5. The third kappa shape index (κ3) is 6.10. The van der Waals surface area contributed by atoms with Gasteiger partial charge in [0.15, 0.2) is 23.2 Å². The maximum absolute atomic E-state index is 15.0. The normalized spacial score (nSPS) is 10.9. The summed E-state index contributed by atoms with van der Waals surface area (Å²) in [5.74, 6) is -3.14. The minimum absolute atomic E-state index is 0.0271. The van der Waals surface area contributed by atoms with Crippen LogP contribution in [0.25, 0.3) is 22.3 Å². The zero-order valence-corrected chi connectivity index (χ0v) is 21.2. The molecule has 0 aliphatic rings. The molecule has 4 aromatic carbocycles. The highest BCUT2D eigenvalue weighted by molar-refractivity contribution is 5.72. The van der Waals surface area contributed by atoms with Gasteiger partial charge in [0.05, 0.1) is 13.2 Å². The van der Waals surface area contributed by atoms with E-state index in [2.05, 4.69) is 6.92 Å². The Balaban J connectivity index is 1.45. The number of rotatable bonds is 11. The Morgan fingerprint density at radius 2 is 1.11 bits per heavy atom. The van der Waals surface area contributed by atoms with Crippen molar-refractivity contribution in [1.29, 1.82) is 0 Å². The van der Waals surface area contributed by atoms with E-state index in [1.54, 1.807) is 55.5 Å². The monoisotopic (exact) mass is 524 g/mol. The summed E-state index contributed by atoms with van der Waals surface area (Å²) in [6, 6.07) is 18.9. The molecule has 0 atom stereocenters. The van der Waals surface area contributed by atoms with Crippen molar-refractivity contribution in [2.45, 2.75) is 33.3 Å². The van der Waals surface area contributed by atoms with Crippen molar-refractivity contribution in [2.24, 2.45) is 0 Å². The minimum Gasteiger partial charge on any atom is -0.494 e. The van der Waals surface area contributed by atoms with Gasteiger partial charge in [0.1, 0.15) is 18.1 Å². The van der Waals surface area contributed by atoms with Gasteiger partial charge in [0, 0.05) is 16.7 Å². The molecule has 0 radical (unpaired) electrons. The lowest BCUT2D eigenvalue weighted by Crippen LogP contribution is -2.03. The van der Waals surface area contributed by atoms with E-state index < -0.39 is 23.3 Å². The molecule has 7 heteroatoms. The topological polar surface area (TPSA) is 27.7 Å².